The van der Waals surface area contributed by atoms with Crippen LogP contribution in [0.5, 0.6) is 0 Å². The Kier molecular flexibility index (Phi) is 3.79. The molecule has 0 spiro atoms. The Bertz CT molecular complexity index is 303. The van der Waals surface area contributed by atoms with Gasteiger partial charge >= 0.3 is 0 Å². The molecule has 0 aromatic rings. The SMILES string of the molecule is CN1CCC(S(=O)(=O)C(C)(C)CN)CC1. The third-order valence-corrected chi connectivity index (χ3v) is 6.42. The summed E-state index contributed by atoms with van der Waals surface area (Å²) in [5.41, 5.74) is 5.54. The van der Waals surface area contributed by atoms with E-state index in [1.54, 1.807) is 13.8 Å². The van der Waals surface area contributed by atoms with E-state index in [0.29, 0.717) is 0 Å². The number of hydrogen-bond acceptors (Lipinski definition) is 4. The molecule has 1 rings (SSSR count). The Morgan fingerprint density at radius 1 is 1.33 bits per heavy atom. The van der Waals surface area contributed by atoms with Crippen LogP contribution in [0.25, 0.3) is 0 Å². The van der Waals surface area contributed by atoms with Gasteiger partial charge < -0.3 is 10.6 Å². The van der Waals surface area contributed by atoms with Crippen molar-refractivity contribution in [1.29, 1.82) is 0 Å². The van der Waals surface area contributed by atoms with E-state index in [1.165, 1.54) is 0 Å². The molecule has 0 aromatic carbocycles. The van der Waals surface area contributed by atoms with E-state index < -0.39 is 14.6 Å². The van der Waals surface area contributed by atoms with Crippen molar-refractivity contribution in [2.24, 2.45) is 5.73 Å². The van der Waals surface area contributed by atoms with Gasteiger partial charge in [0.2, 0.25) is 0 Å². The summed E-state index contributed by atoms with van der Waals surface area (Å²) in [6, 6.07) is 0. The monoisotopic (exact) mass is 234 g/mol. The largest absolute Gasteiger partial charge is 0.329 e. The van der Waals surface area contributed by atoms with Gasteiger partial charge in [0, 0.05) is 6.54 Å². The van der Waals surface area contributed by atoms with Gasteiger partial charge in [-0.15, -0.1) is 0 Å². The smallest absolute Gasteiger partial charge is 0.159 e. The fraction of sp³-hybridized carbons (Fsp3) is 1.00. The molecular weight excluding hydrogens is 212 g/mol. The van der Waals surface area contributed by atoms with Crippen molar-refractivity contribution in [3.8, 4) is 0 Å². The van der Waals surface area contributed by atoms with E-state index >= 15 is 0 Å². The lowest BCUT2D eigenvalue weighted by molar-refractivity contribution is 0.276. The van der Waals surface area contributed by atoms with Crippen LogP contribution in [-0.2, 0) is 9.84 Å². The Labute approximate surface area is 92.7 Å². The van der Waals surface area contributed by atoms with Crippen LogP contribution in [0.15, 0.2) is 0 Å². The molecule has 0 atom stereocenters. The first-order valence-electron chi connectivity index (χ1n) is 5.43. The predicted molar refractivity (Wildman–Crippen MR) is 62.6 cm³/mol. The fourth-order valence-electron chi connectivity index (χ4n) is 1.86. The predicted octanol–water partition coefficient (Wildman–Crippen LogP) is 0.233. The number of likely N-dealkylation sites (tertiary alicyclic amines) is 1. The van der Waals surface area contributed by atoms with Crippen molar-refractivity contribution in [3.05, 3.63) is 0 Å². The molecule has 1 heterocycles. The summed E-state index contributed by atoms with van der Waals surface area (Å²) >= 11 is 0. The Hall–Kier alpha value is -0.130. The maximum Gasteiger partial charge on any atom is 0.159 e. The van der Waals surface area contributed by atoms with Crippen LogP contribution >= 0.6 is 0 Å². The summed E-state index contributed by atoms with van der Waals surface area (Å²) in [6.07, 6.45) is 1.48. The third kappa shape index (κ3) is 2.52. The molecule has 4 nitrogen and oxygen atoms in total. The normalized spacial score (nSPS) is 21.9. The first-order chi connectivity index (χ1) is 6.81. The van der Waals surface area contributed by atoms with Crippen LogP contribution in [-0.4, -0.2) is 50.0 Å². The lowest BCUT2D eigenvalue weighted by Gasteiger charge is -2.34. The molecule has 1 saturated heterocycles. The van der Waals surface area contributed by atoms with Gasteiger partial charge in [-0.25, -0.2) is 8.42 Å². The minimum absolute atomic E-state index is 0.196. The van der Waals surface area contributed by atoms with Crippen molar-refractivity contribution in [2.45, 2.75) is 36.7 Å². The maximum absolute atomic E-state index is 12.2. The fourth-order valence-corrected chi connectivity index (χ4v) is 3.83. The van der Waals surface area contributed by atoms with Gasteiger partial charge in [-0.05, 0) is 46.8 Å². The third-order valence-electron chi connectivity index (χ3n) is 3.37. The topological polar surface area (TPSA) is 63.4 Å². The quantitative estimate of drug-likeness (QED) is 0.759. The second kappa shape index (κ2) is 4.39. The number of nitrogens with zero attached hydrogens (tertiary/aromatic N) is 1. The minimum atomic E-state index is -3.09. The first-order valence-corrected chi connectivity index (χ1v) is 6.98. The molecular formula is C10H22N2O2S. The summed E-state index contributed by atoms with van der Waals surface area (Å²) in [4.78, 5) is 2.17. The molecule has 15 heavy (non-hydrogen) atoms. The van der Waals surface area contributed by atoms with Gasteiger partial charge in [0.05, 0.1) is 10.00 Å². The lowest BCUT2D eigenvalue weighted by atomic mass is 10.1. The van der Waals surface area contributed by atoms with Crippen molar-refractivity contribution in [2.75, 3.05) is 26.7 Å². The summed E-state index contributed by atoms with van der Waals surface area (Å²) < 4.78 is 23.7. The second-order valence-corrected chi connectivity index (χ2v) is 7.87. The van der Waals surface area contributed by atoms with Gasteiger partial charge in [-0.1, -0.05) is 0 Å². The Morgan fingerprint density at radius 2 is 1.80 bits per heavy atom. The molecule has 90 valence electrons. The molecule has 0 saturated carbocycles. The number of piperidine rings is 1. The first kappa shape index (κ1) is 12.9. The highest BCUT2D eigenvalue weighted by molar-refractivity contribution is 7.93. The second-order valence-electron chi connectivity index (χ2n) is 5.01. The Balaban J connectivity index is 2.79. The molecule has 0 unspecified atom stereocenters. The molecule has 2 N–H and O–H groups in total. The molecule has 1 aliphatic rings. The van der Waals surface area contributed by atoms with E-state index in [4.69, 9.17) is 5.73 Å². The molecule has 0 aromatic heterocycles. The molecule has 0 radical (unpaired) electrons. The molecule has 5 heteroatoms. The maximum atomic E-state index is 12.2. The van der Waals surface area contributed by atoms with Gasteiger partial charge in [-0.3, -0.25) is 0 Å². The van der Waals surface area contributed by atoms with Crippen molar-refractivity contribution in [3.63, 3.8) is 0 Å². The van der Waals surface area contributed by atoms with Crippen LogP contribution < -0.4 is 5.73 Å². The van der Waals surface area contributed by atoms with Crippen molar-refractivity contribution < 1.29 is 8.42 Å². The molecule has 0 aliphatic carbocycles. The number of rotatable bonds is 3. The van der Waals surface area contributed by atoms with Crippen molar-refractivity contribution >= 4 is 9.84 Å². The van der Waals surface area contributed by atoms with E-state index in [0.717, 1.165) is 25.9 Å². The standard InChI is InChI=1S/C10H22N2O2S/c1-10(2,8-11)15(13,14)9-4-6-12(3)7-5-9/h9H,4-8,11H2,1-3H3. The van der Waals surface area contributed by atoms with Gasteiger partial charge in [-0.2, -0.15) is 0 Å². The van der Waals surface area contributed by atoms with E-state index in [2.05, 4.69) is 4.90 Å². The molecule has 0 amide bonds. The van der Waals surface area contributed by atoms with Crippen LogP contribution in [0.2, 0.25) is 0 Å². The summed E-state index contributed by atoms with van der Waals surface area (Å²) in [6.45, 7) is 5.37. The van der Waals surface area contributed by atoms with Gasteiger partial charge in [0.15, 0.2) is 9.84 Å². The summed E-state index contributed by atoms with van der Waals surface area (Å²) in [5, 5.41) is -0.202. The van der Waals surface area contributed by atoms with Crippen molar-refractivity contribution in [1.82, 2.24) is 4.90 Å². The molecule has 1 aliphatic heterocycles. The minimum Gasteiger partial charge on any atom is -0.329 e. The van der Waals surface area contributed by atoms with Crippen LogP contribution in [0.3, 0.4) is 0 Å². The zero-order chi connectivity index (χ0) is 11.7. The highest BCUT2D eigenvalue weighted by atomic mass is 32.2. The van der Waals surface area contributed by atoms with E-state index in [-0.39, 0.29) is 11.8 Å². The van der Waals surface area contributed by atoms with E-state index in [9.17, 15) is 8.42 Å². The number of nitrogens with two attached hydrogens (primary N) is 1. The zero-order valence-corrected chi connectivity index (χ0v) is 10.7. The number of hydrogen-bond donors (Lipinski definition) is 1. The summed E-state index contributed by atoms with van der Waals surface area (Å²) in [5.74, 6) is 0. The van der Waals surface area contributed by atoms with Crippen LogP contribution in [0.1, 0.15) is 26.7 Å². The van der Waals surface area contributed by atoms with Crippen LogP contribution in [0.4, 0.5) is 0 Å². The van der Waals surface area contributed by atoms with E-state index in [1.807, 2.05) is 7.05 Å². The highest BCUT2D eigenvalue weighted by Gasteiger charge is 2.40. The summed E-state index contributed by atoms with van der Waals surface area (Å²) in [7, 11) is -1.06. The van der Waals surface area contributed by atoms with Gasteiger partial charge in [0.25, 0.3) is 0 Å². The number of sulfone groups is 1. The average Bonchev–Trinajstić information content (AvgIpc) is 2.18. The lowest BCUT2D eigenvalue weighted by Crippen LogP contribution is -2.48. The average molecular weight is 234 g/mol. The zero-order valence-electron chi connectivity index (χ0n) is 9.86. The van der Waals surface area contributed by atoms with Crippen LogP contribution in [0, 0.1) is 0 Å². The highest BCUT2D eigenvalue weighted by Crippen LogP contribution is 2.26. The molecule has 0 bridgehead atoms. The molecule has 1 fully saturated rings. The Morgan fingerprint density at radius 3 is 2.20 bits per heavy atom. The van der Waals surface area contributed by atoms with Gasteiger partial charge in [0.1, 0.15) is 0 Å².